The molecule has 0 aliphatic carbocycles. The smallest absolute Gasteiger partial charge is 0.224 e. The largest absolute Gasteiger partial charge is 0.477 e. The van der Waals surface area contributed by atoms with Gasteiger partial charge < -0.3 is 9.26 Å². The minimum atomic E-state index is -0.284. The van der Waals surface area contributed by atoms with Crippen molar-refractivity contribution in [2.75, 3.05) is 6.61 Å². The molecule has 2 aromatic heterocycles. The summed E-state index contributed by atoms with van der Waals surface area (Å²) in [6.07, 6.45) is 2.05. The van der Waals surface area contributed by atoms with Crippen LogP contribution < -0.4 is 4.74 Å². The number of halogens is 1. The lowest BCUT2D eigenvalue weighted by atomic mass is 10.1. The number of hydrogen-bond donors (Lipinski definition) is 0. The van der Waals surface area contributed by atoms with Gasteiger partial charge in [0.05, 0.1) is 23.2 Å². The maximum atomic E-state index is 13.6. The first-order chi connectivity index (χ1) is 10.6. The van der Waals surface area contributed by atoms with Gasteiger partial charge in [-0.25, -0.2) is 14.4 Å². The van der Waals surface area contributed by atoms with Gasteiger partial charge in [-0.3, -0.25) is 0 Å². The molecule has 0 unspecified atom stereocenters. The van der Waals surface area contributed by atoms with Crippen molar-refractivity contribution < 1.29 is 13.7 Å². The molecule has 0 bridgehead atoms. The van der Waals surface area contributed by atoms with Crippen LogP contribution in [-0.4, -0.2) is 21.7 Å². The van der Waals surface area contributed by atoms with Gasteiger partial charge in [0, 0.05) is 18.1 Å². The summed E-state index contributed by atoms with van der Waals surface area (Å²) in [5.74, 6) is 0.972. The van der Waals surface area contributed by atoms with E-state index in [1.807, 2.05) is 13.8 Å². The Kier molecular flexibility index (Phi) is 3.75. The third kappa shape index (κ3) is 2.64. The van der Waals surface area contributed by atoms with Crippen molar-refractivity contribution in [3.8, 4) is 5.88 Å². The van der Waals surface area contributed by atoms with Crippen molar-refractivity contribution in [3.63, 3.8) is 0 Å². The number of aromatic nitrogens is 3. The molecule has 5 nitrogen and oxygen atoms in total. The molecule has 0 aliphatic heterocycles. The molecule has 3 rings (SSSR count). The molecule has 6 heteroatoms. The number of fused-ring (bicyclic) bond motifs is 1. The summed E-state index contributed by atoms with van der Waals surface area (Å²) in [5, 5.41) is 4.62. The van der Waals surface area contributed by atoms with E-state index >= 15 is 0 Å². The van der Waals surface area contributed by atoms with E-state index in [0.717, 1.165) is 17.0 Å². The van der Waals surface area contributed by atoms with Gasteiger partial charge in [-0.2, -0.15) is 0 Å². The quantitative estimate of drug-likeness (QED) is 0.740. The van der Waals surface area contributed by atoms with Gasteiger partial charge >= 0.3 is 0 Å². The molecule has 3 aromatic rings. The minimum Gasteiger partial charge on any atom is -0.477 e. The number of rotatable bonds is 4. The fraction of sp³-hybridized carbons (Fsp3) is 0.312. The lowest BCUT2D eigenvalue weighted by molar-refractivity contribution is 0.312. The van der Waals surface area contributed by atoms with E-state index in [0.29, 0.717) is 35.4 Å². The second kappa shape index (κ2) is 5.71. The Labute approximate surface area is 127 Å². The predicted molar refractivity (Wildman–Crippen MR) is 79.4 cm³/mol. The van der Waals surface area contributed by atoms with Crippen LogP contribution in [0.4, 0.5) is 4.39 Å². The van der Waals surface area contributed by atoms with Crippen LogP contribution in [0, 0.1) is 26.6 Å². The van der Waals surface area contributed by atoms with Gasteiger partial charge in [-0.15, -0.1) is 0 Å². The lowest BCUT2D eigenvalue weighted by Gasteiger charge is -2.08. The second-order valence-corrected chi connectivity index (χ2v) is 5.20. The van der Waals surface area contributed by atoms with Crippen molar-refractivity contribution in [1.29, 1.82) is 0 Å². The van der Waals surface area contributed by atoms with Crippen LogP contribution in [0.15, 0.2) is 23.0 Å². The Bertz CT molecular complexity index is 810. The molecule has 2 heterocycles. The van der Waals surface area contributed by atoms with E-state index in [9.17, 15) is 4.39 Å². The van der Waals surface area contributed by atoms with E-state index < -0.39 is 0 Å². The Morgan fingerprint density at radius 3 is 2.73 bits per heavy atom. The van der Waals surface area contributed by atoms with Crippen LogP contribution in [0.3, 0.4) is 0 Å². The summed E-state index contributed by atoms with van der Waals surface area (Å²) in [7, 11) is 0. The van der Waals surface area contributed by atoms with E-state index in [-0.39, 0.29) is 5.82 Å². The molecule has 0 saturated carbocycles. The molecule has 0 spiro atoms. The summed E-state index contributed by atoms with van der Waals surface area (Å²) in [6.45, 7) is 5.92. The molecular weight excluding hydrogens is 285 g/mol. The van der Waals surface area contributed by atoms with Gasteiger partial charge in [0.2, 0.25) is 5.88 Å². The normalized spacial score (nSPS) is 11.1. The molecule has 0 saturated heterocycles. The first kappa shape index (κ1) is 14.4. The Balaban J connectivity index is 1.81. The average molecular weight is 301 g/mol. The zero-order chi connectivity index (χ0) is 15.7. The summed E-state index contributed by atoms with van der Waals surface area (Å²) < 4.78 is 24.5. The summed E-state index contributed by atoms with van der Waals surface area (Å²) in [5.41, 5.74) is 2.98. The molecule has 0 fully saturated rings. The molecule has 0 atom stereocenters. The van der Waals surface area contributed by atoms with Crippen molar-refractivity contribution in [2.24, 2.45) is 0 Å². The Morgan fingerprint density at radius 2 is 2.00 bits per heavy atom. The van der Waals surface area contributed by atoms with E-state index in [1.165, 1.54) is 12.4 Å². The fourth-order valence-electron chi connectivity index (χ4n) is 2.39. The molecular formula is C16H16FN3O2. The minimum absolute atomic E-state index is 0.284. The second-order valence-electron chi connectivity index (χ2n) is 5.20. The van der Waals surface area contributed by atoms with Gasteiger partial charge in [-0.05, 0) is 32.4 Å². The van der Waals surface area contributed by atoms with Crippen LogP contribution in [-0.2, 0) is 6.42 Å². The predicted octanol–water partition coefficient (Wildman–Crippen LogP) is 3.30. The molecule has 114 valence electrons. The van der Waals surface area contributed by atoms with Crippen molar-refractivity contribution in [3.05, 3.63) is 46.9 Å². The highest BCUT2D eigenvalue weighted by atomic mass is 19.1. The van der Waals surface area contributed by atoms with Crippen LogP contribution in [0.5, 0.6) is 5.88 Å². The molecule has 0 amide bonds. The summed E-state index contributed by atoms with van der Waals surface area (Å²) in [4.78, 5) is 8.22. The molecule has 22 heavy (non-hydrogen) atoms. The number of ether oxygens (including phenoxy) is 1. The van der Waals surface area contributed by atoms with Crippen molar-refractivity contribution in [2.45, 2.75) is 27.2 Å². The Hall–Kier alpha value is -2.50. The number of aryl methyl sites for hydroxylation is 3. The standard InChI is InChI=1S/C16H16FN3O2/c1-9-6-13-15(7-14(9)17)18-8-19-16(13)21-5-4-12-10(2)20-22-11(12)3/h6-8H,4-5H2,1-3H3. The highest BCUT2D eigenvalue weighted by molar-refractivity contribution is 5.83. The summed E-state index contributed by atoms with van der Waals surface area (Å²) in [6, 6.07) is 3.10. The maximum absolute atomic E-state index is 13.6. The van der Waals surface area contributed by atoms with Gasteiger partial charge in [0.25, 0.3) is 0 Å². The molecule has 0 N–H and O–H groups in total. The van der Waals surface area contributed by atoms with Crippen LogP contribution >= 0.6 is 0 Å². The van der Waals surface area contributed by atoms with Gasteiger partial charge in [0.15, 0.2) is 0 Å². The topological polar surface area (TPSA) is 61.0 Å². The number of hydrogen-bond acceptors (Lipinski definition) is 5. The first-order valence-corrected chi connectivity index (χ1v) is 7.01. The van der Waals surface area contributed by atoms with Crippen LogP contribution in [0.1, 0.15) is 22.6 Å². The van der Waals surface area contributed by atoms with Crippen molar-refractivity contribution in [1.82, 2.24) is 15.1 Å². The summed E-state index contributed by atoms with van der Waals surface area (Å²) >= 11 is 0. The monoisotopic (exact) mass is 301 g/mol. The third-order valence-electron chi connectivity index (χ3n) is 3.65. The molecule has 0 aliphatic rings. The van der Waals surface area contributed by atoms with Crippen LogP contribution in [0.2, 0.25) is 0 Å². The first-order valence-electron chi connectivity index (χ1n) is 7.01. The third-order valence-corrected chi connectivity index (χ3v) is 3.65. The number of nitrogens with zero attached hydrogens (tertiary/aromatic N) is 3. The van der Waals surface area contributed by atoms with E-state index in [4.69, 9.17) is 9.26 Å². The van der Waals surface area contributed by atoms with Crippen molar-refractivity contribution >= 4 is 10.9 Å². The molecule has 0 radical (unpaired) electrons. The zero-order valence-corrected chi connectivity index (χ0v) is 12.7. The SMILES string of the molecule is Cc1cc2c(OCCc3c(C)noc3C)ncnc2cc1F. The zero-order valence-electron chi connectivity index (χ0n) is 12.7. The van der Waals surface area contributed by atoms with E-state index in [2.05, 4.69) is 15.1 Å². The highest BCUT2D eigenvalue weighted by Gasteiger charge is 2.11. The average Bonchev–Trinajstić information content (AvgIpc) is 2.81. The van der Waals surface area contributed by atoms with Gasteiger partial charge in [-0.1, -0.05) is 5.16 Å². The molecule has 1 aromatic carbocycles. The van der Waals surface area contributed by atoms with Gasteiger partial charge in [0.1, 0.15) is 17.9 Å². The fourth-order valence-corrected chi connectivity index (χ4v) is 2.39. The lowest BCUT2D eigenvalue weighted by Crippen LogP contribution is -2.05. The highest BCUT2D eigenvalue weighted by Crippen LogP contribution is 2.24. The Morgan fingerprint density at radius 1 is 1.18 bits per heavy atom. The van der Waals surface area contributed by atoms with Crippen LogP contribution in [0.25, 0.3) is 10.9 Å². The van der Waals surface area contributed by atoms with E-state index in [1.54, 1.807) is 13.0 Å². The maximum Gasteiger partial charge on any atom is 0.224 e. The number of benzene rings is 1.